The van der Waals surface area contributed by atoms with Gasteiger partial charge in [-0.15, -0.1) is 0 Å². The van der Waals surface area contributed by atoms with Crippen LogP contribution in [0.1, 0.15) is 17.8 Å². The second kappa shape index (κ2) is 7.88. The first-order valence-corrected chi connectivity index (χ1v) is 9.29. The molecule has 3 rings (SSSR count). The molecule has 3 aromatic rings. The molecule has 0 saturated heterocycles. The van der Waals surface area contributed by atoms with Gasteiger partial charge in [-0.1, -0.05) is 23.4 Å². The number of aryl methyl sites for hydroxylation is 3. The number of hydrogen-bond acceptors (Lipinski definition) is 5. The smallest absolute Gasteiger partial charge is 0.230 e. The molecule has 0 aliphatic rings. The molecule has 3 heterocycles. The fourth-order valence-corrected chi connectivity index (χ4v) is 3.32. The highest BCUT2D eigenvalue weighted by atomic mass is 35.5. The van der Waals surface area contributed by atoms with Crippen LogP contribution >= 0.6 is 23.4 Å². The Morgan fingerprint density at radius 3 is 3.00 bits per heavy atom. The van der Waals surface area contributed by atoms with Gasteiger partial charge in [-0.05, 0) is 32.4 Å². The van der Waals surface area contributed by atoms with Crippen LogP contribution in [0.3, 0.4) is 0 Å². The highest BCUT2D eigenvalue weighted by Crippen LogP contribution is 2.20. The van der Waals surface area contributed by atoms with Crippen molar-refractivity contribution in [2.75, 3.05) is 12.3 Å². The summed E-state index contributed by atoms with van der Waals surface area (Å²) in [6.07, 6.45) is 2.39. The van der Waals surface area contributed by atoms with Gasteiger partial charge in [0.25, 0.3) is 0 Å². The van der Waals surface area contributed by atoms with Gasteiger partial charge in [0.1, 0.15) is 0 Å². The molecule has 9 heteroatoms. The Hall–Kier alpha value is -2.06. The number of hydrogen-bond donors (Lipinski definition) is 2. The lowest BCUT2D eigenvalue weighted by Gasteiger charge is -2.06. The number of imidazole rings is 1. The van der Waals surface area contributed by atoms with E-state index in [1.165, 1.54) is 11.8 Å². The molecule has 25 heavy (non-hydrogen) atoms. The van der Waals surface area contributed by atoms with Crippen molar-refractivity contribution in [2.45, 2.75) is 32.0 Å². The van der Waals surface area contributed by atoms with Crippen LogP contribution in [0, 0.1) is 13.8 Å². The van der Waals surface area contributed by atoms with E-state index in [0.717, 1.165) is 29.9 Å². The molecule has 1 amide bonds. The number of rotatable bonds is 7. The fraction of sp³-hybridized carbons (Fsp3) is 0.375. The number of nitrogens with one attached hydrogen (secondary N) is 2. The largest absolute Gasteiger partial charge is 0.355 e. The Kier molecular flexibility index (Phi) is 5.60. The monoisotopic (exact) mass is 378 g/mol. The summed E-state index contributed by atoms with van der Waals surface area (Å²) in [5, 5.41) is 8.52. The lowest BCUT2D eigenvalue weighted by atomic mass is 10.4. The molecule has 0 atom stereocenters. The Bertz CT molecular complexity index is 890. The highest BCUT2D eigenvalue weighted by Gasteiger charge is 2.08. The molecule has 2 N–H and O–H groups in total. The van der Waals surface area contributed by atoms with Gasteiger partial charge in [-0.25, -0.2) is 9.97 Å². The lowest BCUT2D eigenvalue weighted by Crippen LogP contribution is -2.27. The second-order valence-electron chi connectivity index (χ2n) is 5.71. The van der Waals surface area contributed by atoms with Crippen molar-refractivity contribution in [3.8, 4) is 0 Å². The van der Waals surface area contributed by atoms with Gasteiger partial charge >= 0.3 is 0 Å². The summed E-state index contributed by atoms with van der Waals surface area (Å²) in [5.41, 5.74) is 3.51. The van der Waals surface area contributed by atoms with Crippen LogP contribution in [0.2, 0.25) is 5.02 Å². The number of amides is 1. The number of halogens is 1. The summed E-state index contributed by atoms with van der Waals surface area (Å²) in [6.45, 7) is 5.42. The van der Waals surface area contributed by atoms with Crippen LogP contribution in [0.25, 0.3) is 11.2 Å². The third kappa shape index (κ3) is 4.73. The fourth-order valence-electron chi connectivity index (χ4n) is 2.46. The number of aromatic amines is 1. The Morgan fingerprint density at radius 1 is 1.40 bits per heavy atom. The van der Waals surface area contributed by atoms with E-state index in [0.29, 0.717) is 28.1 Å². The van der Waals surface area contributed by atoms with Gasteiger partial charge in [0, 0.05) is 25.0 Å². The first-order chi connectivity index (χ1) is 12.0. The van der Waals surface area contributed by atoms with Crippen molar-refractivity contribution < 1.29 is 4.79 Å². The van der Waals surface area contributed by atoms with Crippen molar-refractivity contribution >= 4 is 40.4 Å². The first-order valence-electron chi connectivity index (χ1n) is 7.93. The molecule has 0 radical (unpaired) electrons. The van der Waals surface area contributed by atoms with E-state index in [9.17, 15) is 4.79 Å². The van der Waals surface area contributed by atoms with Crippen molar-refractivity contribution in [1.29, 1.82) is 0 Å². The lowest BCUT2D eigenvalue weighted by molar-refractivity contribution is -0.118. The number of thioether (sulfide) groups is 1. The van der Waals surface area contributed by atoms with E-state index in [1.54, 1.807) is 12.3 Å². The molecule has 3 aromatic heterocycles. The summed E-state index contributed by atoms with van der Waals surface area (Å²) in [4.78, 5) is 23.5. The minimum absolute atomic E-state index is 0.0233. The molecular formula is C16H19ClN6OS. The molecule has 132 valence electrons. The zero-order valence-electron chi connectivity index (χ0n) is 14.0. The molecule has 0 fully saturated rings. The van der Waals surface area contributed by atoms with Crippen LogP contribution in [-0.4, -0.2) is 42.9 Å². The van der Waals surface area contributed by atoms with E-state index < -0.39 is 0 Å². The van der Waals surface area contributed by atoms with Gasteiger partial charge in [-0.2, -0.15) is 5.10 Å². The number of fused-ring (bicyclic) bond motifs is 1. The number of carbonyl (C=O) groups excluding carboxylic acids is 1. The quantitative estimate of drug-likeness (QED) is 0.487. The minimum Gasteiger partial charge on any atom is -0.355 e. The predicted octanol–water partition coefficient (Wildman–Crippen LogP) is 2.72. The molecule has 0 aromatic carbocycles. The third-order valence-electron chi connectivity index (χ3n) is 3.59. The third-order valence-corrected chi connectivity index (χ3v) is 4.67. The Labute approximate surface area is 154 Å². The number of aromatic nitrogens is 5. The molecule has 0 unspecified atom stereocenters. The average Bonchev–Trinajstić information content (AvgIpc) is 3.11. The minimum atomic E-state index is -0.0233. The summed E-state index contributed by atoms with van der Waals surface area (Å²) in [6, 6.07) is 3.81. The molecule has 0 bridgehead atoms. The standard InChI is InChI=1S/C16H19ClN6OS/c1-10-6-11(2)23(22-10)5-3-4-18-14(24)9-25-16-20-13-7-12(17)8-19-15(13)21-16/h6-8H,3-5,9H2,1-2H3,(H,18,24)(H,19,20,21). The number of nitrogens with zero attached hydrogens (tertiary/aromatic N) is 4. The van der Waals surface area contributed by atoms with Gasteiger partial charge in [0.2, 0.25) is 5.91 Å². The molecule has 0 spiro atoms. The van der Waals surface area contributed by atoms with E-state index >= 15 is 0 Å². The first kappa shape index (κ1) is 17.8. The predicted molar refractivity (Wildman–Crippen MR) is 99.0 cm³/mol. The van der Waals surface area contributed by atoms with Crippen LogP contribution in [0.5, 0.6) is 0 Å². The number of H-pyrrole nitrogens is 1. The van der Waals surface area contributed by atoms with Crippen LogP contribution in [0.15, 0.2) is 23.5 Å². The zero-order chi connectivity index (χ0) is 17.8. The molecule has 7 nitrogen and oxygen atoms in total. The van der Waals surface area contributed by atoms with E-state index in [-0.39, 0.29) is 5.91 Å². The molecule has 0 saturated carbocycles. The van der Waals surface area contributed by atoms with Gasteiger partial charge in [0.15, 0.2) is 10.8 Å². The summed E-state index contributed by atoms with van der Waals surface area (Å²) in [7, 11) is 0. The number of carbonyl (C=O) groups is 1. The van der Waals surface area contributed by atoms with E-state index in [2.05, 4.69) is 25.4 Å². The van der Waals surface area contributed by atoms with Crippen molar-refractivity contribution in [3.05, 3.63) is 34.7 Å². The van der Waals surface area contributed by atoms with Crippen molar-refractivity contribution in [2.24, 2.45) is 0 Å². The van der Waals surface area contributed by atoms with Crippen LogP contribution in [-0.2, 0) is 11.3 Å². The molecular weight excluding hydrogens is 360 g/mol. The van der Waals surface area contributed by atoms with E-state index in [1.807, 2.05) is 24.6 Å². The average molecular weight is 379 g/mol. The van der Waals surface area contributed by atoms with Crippen LogP contribution < -0.4 is 5.32 Å². The SMILES string of the molecule is Cc1cc(C)n(CCCNC(=O)CSc2nc3ncc(Cl)cc3[nH]2)n1. The summed E-state index contributed by atoms with van der Waals surface area (Å²) >= 11 is 7.24. The topological polar surface area (TPSA) is 88.5 Å². The maximum Gasteiger partial charge on any atom is 0.230 e. The van der Waals surface area contributed by atoms with Gasteiger partial charge in [-0.3, -0.25) is 9.48 Å². The second-order valence-corrected chi connectivity index (χ2v) is 7.11. The molecule has 0 aliphatic carbocycles. The number of pyridine rings is 1. The molecule has 0 aliphatic heterocycles. The maximum absolute atomic E-state index is 11.9. The summed E-state index contributed by atoms with van der Waals surface area (Å²) in [5.74, 6) is 0.276. The van der Waals surface area contributed by atoms with Crippen LogP contribution in [0.4, 0.5) is 0 Å². The maximum atomic E-state index is 11.9. The normalized spacial score (nSPS) is 11.2. The zero-order valence-corrected chi connectivity index (χ0v) is 15.6. The Balaban J connectivity index is 1.40. The van der Waals surface area contributed by atoms with E-state index in [4.69, 9.17) is 11.6 Å². The Morgan fingerprint density at radius 2 is 2.24 bits per heavy atom. The van der Waals surface area contributed by atoms with Crippen molar-refractivity contribution in [1.82, 2.24) is 30.0 Å². The highest BCUT2D eigenvalue weighted by molar-refractivity contribution is 7.99. The van der Waals surface area contributed by atoms with Gasteiger partial charge in [0.05, 0.1) is 22.0 Å². The summed E-state index contributed by atoms with van der Waals surface area (Å²) < 4.78 is 1.96. The van der Waals surface area contributed by atoms with Gasteiger partial charge < -0.3 is 10.3 Å². The van der Waals surface area contributed by atoms with Crippen molar-refractivity contribution in [3.63, 3.8) is 0 Å².